The van der Waals surface area contributed by atoms with Crippen molar-refractivity contribution < 1.29 is 9.21 Å². The van der Waals surface area contributed by atoms with Crippen LogP contribution in [0.5, 0.6) is 0 Å². The molecule has 3 aromatic rings. The molecule has 25 heavy (non-hydrogen) atoms. The fraction of sp³-hybridized carbons (Fsp3) is 0.211. The lowest BCUT2D eigenvalue weighted by Gasteiger charge is -2.11. The Bertz CT molecular complexity index is 835. The van der Waals surface area contributed by atoms with Crippen LogP contribution in [0.2, 0.25) is 0 Å². The van der Waals surface area contributed by atoms with Gasteiger partial charge in [-0.1, -0.05) is 42.1 Å². The Hall–Kier alpha value is -2.60. The number of amides is 1. The number of carbonyl (C=O) groups is 1. The highest BCUT2D eigenvalue weighted by molar-refractivity contribution is 8.00. The molecule has 0 aliphatic heterocycles. The minimum atomic E-state index is -0.305. The van der Waals surface area contributed by atoms with E-state index in [9.17, 15) is 4.79 Å². The number of aromatic nitrogens is 2. The Labute approximate surface area is 150 Å². The summed E-state index contributed by atoms with van der Waals surface area (Å²) in [5.74, 6) is 0.650. The van der Waals surface area contributed by atoms with E-state index < -0.39 is 0 Å². The van der Waals surface area contributed by atoms with Crippen LogP contribution >= 0.6 is 11.8 Å². The molecule has 3 rings (SSSR count). The molecule has 2 aromatic heterocycles. The van der Waals surface area contributed by atoms with Crippen LogP contribution in [-0.4, -0.2) is 21.1 Å². The average Bonchev–Trinajstić information content (AvgIpc) is 3.13. The van der Waals surface area contributed by atoms with E-state index in [4.69, 9.17) is 4.42 Å². The van der Waals surface area contributed by atoms with E-state index in [1.165, 1.54) is 11.8 Å². The number of benzene rings is 1. The van der Waals surface area contributed by atoms with Crippen molar-refractivity contribution in [2.45, 2.75) is 30.8 Å². The minimum Gasteiger partial charge on any atom is -0.467 e. The van der Waals surface area contributed by atoms with E-state index in [-0.39, 0.29) is 11.2 Å². The van der Waals surface area contributed by atoms with E-state index in [2.05, 4.69) is 15.3 Å². The SMILES string of the molecule is Cc1cc(-c2ccccc2)nc(S[C@H](C)C(=O)NCc2ccco2)n1. The van der Waals surface area contributed by atoms with Gasteiger partial charge < -0.3 is 9.73 Å². The molecule has 0 saturated heterocycles. The zero-order valence-corrected chi connectivity index (χ0v) is 14.9. The third-order valence-electron chi connectivity index (χ3n) is 3.57. The van der Waals surface area contributed by atoms with Gasteiger partial charge in [0, 0.05) is 11.3 Å². The van der Waals surface area contributed by atoms with E-state index in [0.717, 1.165) is 22.7 Å². The molecule has 5 nitrogen and oxygen atoms in total. The highest BCUT2D eigenvalue weighted by Gasteiger charge is 2.17. The van der Waals surface area contributed by atoms with E-state index in [1.807, 2.05) is 56.3 Å². The molecule has 0 saturated carbocycles. The van der Waals surface area contributed by atoms with Gasteiger partial charge in [0.25, 0.3) is 0 Å². The summed E-state index contributed by atoms with van der Waals surface area (Å²) in [6, 6.07) is 15.5. The lowest BCUT2D eigenvalue weighted by molar-refractivity contribution is -0.120. The van der Waals surface area contributed by atoms with Gasteiger partial charge in [0.05, 0.1) is 23.8 Å². The van der Waals surface area contributed by atoms with Gasteiger partial charge in [-0.2, -0.15) is 0 Å². The van der Waals surface area contributed by atoms with Crippen molar-refractivity contribution in [1.82, 2.24) is 15.3 Å². The van der Waals surface area contributed by atoms with Gasteiger partial charge in [0.2, 0.25) is 5.91 Å². The number of thioether (sulfide) groups is 1. The quantitative estimate of drug-likeness (QED) is 0.539. The first-order valence-electron chi connectivity index (χ1n) is 7.99. The lowest BCUT2D eigenvalue weighted by atomic mass is 10.1. The van der Waals surface area contributed by atoms with Gasteiger partial charge in [-0.05, 0) is 32.0 Å². The van der Waals surface area contributed by atoms with Crippen molar-refractivity contribution in [1.29, 1.82) is 0 Å². The van der Waals surface area contributed by atoms with Crippen molar-refractivity contribution in [2.24, 2.45) is 0 Å². The van der Waals surface area contributed by atoms with Gasteiger partial charge in [-0.25, -0.2) is 9.97 Å². The predicted molar refractivity (Wildman–Crippen MR) is 98.1 cm³/mol. The van der Waals surface area contributed by atoms with E-state index in [1.54, 1.807) is 12.3 Å². The van der Waals surface area contributed by atoms with Crippen molar-refractivity contribution in [2.75, 3.05) is 0 Å². The summed E-state index contributed by atoms with van der Waals surface area (Å²) in [6.07, 6.45) is 1.59. The highest BCUT2D eigenvalue weighted by atomic mass is 32.2. The molecule has 0 aliphatic carbocycles. The first-order valence-corrected chi connectivity index (χ1v) is 8.87. The third-order valence-corrected chi connectivity index (χ3v) is 4.53. The molecule has 2 heterocycles. The molecule has 6 heteroatoms. The van der Waals surface area contributed by atoms with Crippen molar-refractivity contribution in [3.05, 3.63) is 66.2 Å². The topological polar surface area (TPSA) is 68.0 Å². The number of hydrogen-bond donors (Lipinski definition) is 1. The molecule has 1 N–H and O–H groups in total. The molecular weight excluding hydrogens is 334 g/mol. The second-order valence-electron chi connectivity index (χ2n) is 5.60. The van der Waals surface area contributed by atoms with Crippen LogP contribution in [0.25, 0.3) is 11.3 Å². The van der Waals surface area contributed by atoms with Crippen LogP contribution in [0.15, 0.2) is 64.4 Å². The molecule has 0 unspecified atom stereocenters. The fourth-order valence-electron chi connectivity index (χ4n) is 2.29. The van der Waals surface area contributed by atoms with Crippen molar-refractivity contribution >= 4 is 17.7 Å². The fourth-order valence-corrected chi connectivity index (χ4v) is 3.15. The van der Waals surface area contributed by atoms with Crippen LogP contribution in [0, 0.1) is 6.92 Å². The normalized spacial score (nSPS) is 11.9. The molecule has 0 fully saturated rings. The summed E-state index contributed by atoms with van der Waals surface area (Å²) >= 11 is 1.35. The Morgan fingerprint density at radius 3 is 2.72 bits per heavy atom. The van der Waals surface area contributed by atoms with Crippen molar-refractivity contribution in [3.8, 4) is 11.3 Å². The van der Waals surface area contributed by atoms with E-state index >= 15 is 0 Å². The number of aryl methyl sites for hydroxylation is 1. The molecule has 1 aromatic carbocycles. The summed E-state index contributed by atoms with van der Waals surface area (Å²) < 4.78 is 5.22. The Balaban J connectivity index is 1.67. The predicted octanol–water partition coefficient (Wildman–Crippen LogP) is 3.84. The second-order valence-corrected chi connectivity index (χ2v) is 6.91. The van der Waals surface area contributed by atoms with Gasteiger partial charge in [-0.15, -0.1) is 0 Å². The average molecular weight is 353 g/mol. The van der Waals surface area contributed by atoms with Gasteiger partial charge in [-0.3, -0.25) is 4.79 Å². The van der Waals surface area contributed by atoms with Crippen LogP contribution in [0.1, 0.15) is 18.4 Å². The smallest absolute Gasteiger partial charge is 0.233 e. The van der Waals surface area contributed by atoms with Crippen LogP contribution < -0.4 is 5.32 Å². The number of carbonyl (C=O) groups excluding carboxylic acids is 1. The van der Waals surface area contributed by atoms with Crippen LogP contribution in [-0.2, 0) is 11.3 Å². The summed E-state index contributed by atoms with van der Waals surface area (Å²) in [6.45, 7) is 4.15. The third kappa shape index (κ3) is 4.70. The monoisotopic (exact) mass is 353 g/mol. The Kier molecular flexibility index (Phi) is 5.50. The number of furan rings is 1. The number of nitrogens with zero attached hydrogens (tertiary/aromatic N) is 2. The molecule has 128 valence electrons. The number of nitrogens with one attached hydrogen (secondary N) is 1. The first-order chi connectivity index (χ1) is 12.1. The maximum absolute atomic E-state index is 12.3. The molecule has 0 spiro atoms. The summed E-state index contributed by atoms with van der Waals surface area (Å²) in [5.41, 5.74) is 2.77. The summed E-state index contributed by atoms with van der Waals surface area (Å²) in [5, 5.41) is 3.15. The Morgan fingerprint density at radius 1 is 1.20 bits per heavy atom. The minimum absolute atomic E-state index is 0.0761. The Morgan fingerprint density at radius 2 is 2.00 bits per heavy atom. The molecule has 1 amide bonds. The van der Waals surface area contributed by atoms with Gasteiger partial charge >= 0.3 is 0 Å². The molecule has 1 atom stereocenters. The first kappa shape index (κ1) is 17.2. The van der Waals surface area contributed by atoms with E-state index in [0.29, 0.717) is 11.7 Å². The largest absolute Gasteiger partial charge is 0.467 e. The summed E-state index contributed by atoms with van der Waals surface area (Å²) in [4.78, 5) is 21.3. The lowest BCUT2D eigenvalue weighted by Crippen LogP contribution is -2.30. The number of rotatable bonds is 6. The van der Waals surface area contributed by atoms with Crippen LogP contribution in [0.3, 0.4) is 0 Å². The molecule has 0 aliphatic rings. The van der Waals surface area contributed by atoms with Gasteiger partial charge in [0.15, 0.2) is 5.16 Å². The molecule has 0 bridgehead atoms. The highest BCUT2D eigenvalue weighted by Crippen LogP contribution is 2.24. The zero-order valence-electron chi connectivity index (χ0n) is 14.1. The summed E-state index contributed by atoms with van der Waals surface area (Å²) in [7, 11) is 0. The number of hydrogen-bond acceptors (Lipinski definition) is 5. The second kappa shape index (κ2) is 7.98. The molecular formula is C19H19N3O2S. The zero-order chi connectivity index (χ0) is 17.6. The van der Waals surface area contributed by atoms with Crippen molar-refractivity contribution in [3.63, 3.8) is 0 Å². The standard InChI is InChI=1S/C19H19N3O2S/c1-13-11-17(15-7-4-3-5-8-15)22-19(21-13)25-14(2)18(23)20-12-16-9-6-10-24-16/h3-11,14H,12H2,1-2H3,(H,20,23)/t14-/m1/s1. The maximum Gasteiger partial charge on any atom is 0.233 e. The molecule has 0 radical (unpaired) electrons. The van der Waals surface area contributed by atoms with Crippen LogP contribution in [0.4, 0.5) is 0 Å². The van der Waals surface area contributed by atoms with Gasteiger partial charge in [0.1, 0.15) is 5.76 Å². The maximum atomic E-state index is 12.3.